The lowest BCUT2D eigenvalue weighted by molar-refractivity contribution is 0.102. The third-order valence-electron chi connectivity index (χ3n) is 7.38. The Bertz CT molecular complexity index is 1060. The van der Waals surface area contributed by atoms with Gasteiger partial charge in [-0.2, -0.15) is 0 Å². The highest BCUT2D eigenvalue weighted by Crippen LogP contribution is 2.54. The minimum absolute atomic E-state index is 0.00982. The lowest BCUT2D eigenvalue weighted by Crippen LogP contribution is -2.44. The largest absolute Gasteiger partial charge is 0.370 e. The molecule has 4 atom stereocenters. The third-order valence-corrected chi connectivity index (χ3v) is 7.38. The number of amides is 1. The number of aryl methyl sites for hydroxylation is 1. The minimum atomic E-state index is -0.00982. The lowest BCUT2D eigenvalue weighted by Gasteiger charge is -2.46. The van der Waals surface area contributed by atoms with Gasteiger partial charge in [0, 0.05) is 47.4 Å². The summed E-state index contributed by atoms with van der Waals surface area (Å²) in [5.41, 5.74) is 6.95. The van der Waals surface area contributed by atoms with Gasteiger partial charge in [-0.25, -0.2) is 0 Å². The van der Waals surface area contributed by atoms with Crippen LogP contribution in [0.2, 0.25) is 0 Å². The molecule has 4 aliphatic rings. The van der Waals surface area contributed by atoms with Gasteiger partial charge in [-0.05, 0) is 54.9 Å². The molecule has 3 nitrogen and oxygen atoms in total. The van der Waals surface area contributed by atoms with Crippen molar-refractivity contribution in [3.8, 4) is 0 Å². The standard InChI is InChI=1S/C26H26N2O/c1-16-6-2-3-9-19(16)26(29)27-23-13-12-22-20-10-4-7-17(20)14-28-15-18-8-5-11-21(18)24(23)25(22)28/h2-6,9-13,17-18,20-21H,7-8,14-15H2,1H3,(H,27,29)/t17-,18+,20+,21+/m0/s1. The summed E-state index contributed by atoms with van der Waals surface area (Å²) in [6.07, 6.45) is 11.8. The Balaban J connectivity index is 1.47. The predicted octanol–water partition coefficient (Wildman–Crippen LogP) is 5.40. The molecular weight excluding hydrogens is 356 g/mol. The first-order chi connectivity index (χ1) is 14.2. The third kappa shape index (κ3) is 2.53. The normalized spacial score (nSPS) is 28.1. The van der Waals surface area contributed by atoms with E-state index in [4.69, 9.17) is 0 Å². The van der Waals surface area contributed by atoms with Gasteiger partial charge in [-0.15, -0.1) is 0 Å². The maximum atomic E-state index is 13.1. The van der Waals surface area contributed by atoms with Crippen molar-refractivity contribution in [3.05, 3.63) is 83.0 Å². The van der Waals surface area contributed by atoms with Gasteiger partial charge in [0.15, 0.2) is 0 Å². The molecule has 0 fully saturated rings. The van der Waals surface area contributed by atoms with Crippen LogP contribution in [-0.2, 0) is 0 Å². The van der Waals surface area contributed by atoms with E-state index in [0.717, 1.165) is 36.3 Å². The molecule has 6 rings (SSSR count). The molecule has 0 saturated carbocycles. The highest BCUT2D eigenvalue weighted by molar-refractivity contribution is 6.06. The number of nitrogens with zero attached hydrogens (tertiary/aromatic N) is 1. The van der Waals surface area contributed by atoms with Crippen molar-refractivity contribution < 1.29 is 4.79 Å². The second-order valence-corrected chi connectivity index (χ2v) is 9.04. The monoisotopic (exact) mass is 382 g/mol. The number of hydrogen-bond acceptors (Lipinski definition) is 2. The quantitative estimate of drug-likeness (QED) is 0.705. The summed E-state index contributed by atoms with van der Waals surface area (Å²) in [7, 11) is 0. The molecular formula is C26H26N2O. The molecule has 0 radical (unpaired) electrons. The number of anilines is 2. The van der Waals surface area contributed by atoms with Gasteiger partial charge in [0.2, 0.25) is 0 Å². The van der Waals surface area contributed by atoms with Crippen LogP contribution in [0.15, 0.2) is 60.7 Å². The Labute approximate surface area is 172 Å². The smallest absolute Gasteiger partial charge is 0.255 e. The van der Waals surface area contributed by atoms with E-state index in [1.54, 1.807) is 0 Å². The second kappa shape index (κ2) is 6.35. The summed E-state index contributed by atoms with van der Waals surface area (Å²) < 4.78 is 0. The summed E-state index contributed by atoms with van der Waals surface area (Å²) in [5.74, 6) is 2.26. The van der Waals surface area contributed by atoms with Crippen molar-refractivity contribution in [1.82, 2.24) is 0 Å². The van der Waals surface area contributed by atoms with Crippen molar-refractivity contribution in [2.24, 2.45) is 11.8 Å². The molecule has 0 aromatic heterocycles. The molecule has 2 aromatic carbocycles. The fraction of sp³-hybridized carbons (Fsp3) is 0.346. The number of carbonyl (C=O) groups excluding carboxylic acids is 1. The molecule has 2 aliphatic carbocycles. The fourth-order valence-corrected chi connectivity index (χ4v) is 6.01. The van der Waals surface area contributed by atoms with Crippen LogP contribution >= 0.6 is 0 Å². The number of benzene rings is 2. The first-order valence-electron chi connectivity index (χ1n) is 10.8. The molecule has 1 N–H and O–H groups in total. The van der Waals surface area contributed by atoms with Gasteiger partial charge in [0.05, 0.1) is 0 Å². The van der Waals surface area contributed by atoms with Crippen molar-refractivity contribution in [3.63, 3.8) is 0 Å². The Morgan fingerprint density at radius 1 is 0.966 bits per heavy atom. The number of nitrogens with one attached hydrogen (secondary N) is 1. The van der Waals surface area contributed by atoms with Crippen molar-refractivity contribution in [2.75, 3.05) is 23.3 Å². The first-order valence-corrected chi connectivity index (χ1v) is 10.8. The Kier molecular flexibility index (Phi) is 3.74. The van der Waals surface area contributed by atoms with Crippen molar-refractivity contribution in [2.45, 2.75) is 31.6 Å². The van der Waals surface area contributed by atoms with Gasteiger partial charge >= 0.3 is 0 Å². The van der Waals surface area contributed by atoms with E-state index in [2.05, 4.69) is 46.7 Å². The molecule has 2 aromatic rings. The molecule has 0 unspecified atom stereocenters. The second-order valence-electron chi connectivity index (χ2n) is 9.04. The van der Waals surface area contributed by atoms with Gasteiger partial charge in [-0.3, -0.25) is 4.79 Å². The van der Waals surface area contributed by atoms with Gasteiger partial charge < -0.3 is 10.2 Å². The number of rotatable bonds is 2. The van der Waals surface area contributed by atoms with Crippen LogP contribution in [0.5, 0.6) is 0 Å². The van der Waals surface area contributed by atoms with Gasteiger partial charge in [0.1, 0.15) is 0 Å². The zero-order valence-electron chi connectivity index (χ0n) is 16.8. The SMILES string of the molecule is Cc1ccccc1C(=O)Nc1ccc2c3c1[C@@H]1C=CC[C@@H]1CN3C[C@@H]1CC=C[C@@H]21. The summed E-state index contributed by atoms with van der Waals surface area (Å²) in [5, 5.41) is 3.28. The van der Waals surface area contributed by atoms with Gasteiger partial charge in [0.25, 0.3) is 5.91 Å². The number of carbonyl (C=O) groups is 1. The Hall–Kier alpha value is -2.81. The zero-order valence-corrected chi connectivity index (χ0v) is 16.8. The lowest BCUT2D eigenvalue weighted by atomic mass is 9.74. The molecule has 0 spiro atoms. The Morgan fingerprint density at radius 2 is 1.69 bits per heavy atom. The fourth-order valence-electron chi connectivity index (χ4n) is 6.01. The van der Waals surface area contributed by atoms with Crippen LogP contribution in [0.3, 0.4) is 0 Å². The Morgan fingerprint density at radius 3 is 2.48 bits per heavy atom. The van der Waals surface area contributed by atoms with Crippen LogP contribution < -0.4 is 10.2 Å². The first kappa shape index (κ1) is 17.1. The average Bonchev–Trinajstić information content (AvgIpc) is 3.38. The number of fused-ring (bicyclic) bond motifs is 4. The van der Waals surface area contributed by atoms with Crippen molar-refractivity contribution >= 4 is 17.3 Å². The summed E-state index contributed by atoms with van der Waals surface area (Å²) in [4.78, 5) is 15.7. The van der Waals surface area contributed by atoms with Crippen LogP contribution in [0, 0.1) is 18.8 Å². The van der Waals surface area contributed by atoms with E-state index in [1.807, 2.05) is 31.2 Å². The van der Waals surface area contributed by atoms with E-state index in [1.165, 1.54) is 23.2 Å². The molecule has 3 heteroatoms. The molecule has 2 aliphatic heterocycles. The highest BCUT2D eigenvalue weighted by atomic mass is 16.1. The summed E-state index contributed by atoms with van der Waals surface area (Å²) in [6.45, 7) is 4.27. The van der Waals surface area contributed by atoms with E-state index >= 15 is 0 Å². The van der Waals surface area contributed by atoms with E-state index in [-0.39, 0.29) is 5.91 Å². The van der Waals surface area contributed by atoms with E-state index in [0.29, 0.717) is 23.7 Å². The molecule has 29 heavy (non-hydrogen) atoms. The number of allylic oxidation sites excluding steroid dienone is 4. The molecule has 0 bridgehead atoms. The average molecular weight is 383 g/mol. The maximum absolute atomic E-state index is 13.1. The molecule has 2 heterocycles. The van der Waals surface area contributed by atoms with E-state index < -0.39 is 0 Å². The molecule has 146 valence electrons. The van der Waals surface area contributed by atoms with Crippen LogP contribution in [-0.4, -0.2) is 19.0 Å². The minimum Gasteiger partial charge on any atom is -0.370 e. The van der Waals surface area contributed by atoms with E-state index in [9.17, 15) is 4.79 Å². The topological polar surface area (TPSA) is 32.3 Å². The van der Waals surface area contributed by atoms with Gasteiger partial charge in [-0.1, -0.05) is 48.6 Å². The van der Waals surface area contributed by atoms with Crippen LogP contribution in [0.4, 0.5) is 11.4 Å². The maximum Gasteiger partial charge on any atom is 0.255 e. The summed E-state index contributed by atoms with van der Waals surface area (Å²) in [6, 6.07) is 12.2. The van der Waals surface area contributed by atoms with Crippen LogP contribution in [0.25, 0.3) is 0 Å². The highest BCUT2D eigenvalue weighted by Gasteiger charge is 2.43. The van der Waals surface area contributed by atoms with Crippen LogP contribution in [0.1, 0.15) is 51.7 Å². The zero-order chi connectivity index (χ0) is 19.5. The number of hydrogen-bond donors (Lipinski definition) is 1. The molecule has 0 saturated heterocycles. The van der Waals surface area contributed by atoms with Crippen molar-refractivity contribution in [1.29, 1.82) is 0 Å². The predicted molar refractivity (Wildman–Crippen MR) is 118 cm³/mol. The molecule has 1 amide bonds. The summed E-state index contributed by atoms with van der Waals surface area (Å²) >= 11 is 0.